The standard InChI is InChI=1S/C36H40N4O5/c1-22(2)40-33(30(20-37-40)35(41)38-13-15-45-16-14-38)26-17-25-18-27(44-3)10-12-28(25)34-32(23-7-5-4-6-8-23)29-11-9-24(36(42)43)19-31(29)39(34)21-26/h9-12,17-20,22-23H,4-8,13-16,21H2,1-3H3,(H,42,43). The van der Waals surface area contributed by atoms with Gasteiger partial charge in [-0.3, -0.25) is 9.48 Å². The summed E-state index contributed by atoms with van der Waals surface area (Å²) in [6.45, 7) is 6.72. The number of carboxylic acids is 1. The fourth-order valence-electron chi connectivity index (χ4n) is 7.49. The predicted molar refractivity (Wildman–Crippen MR) is 174 cm³/mol. The topological polar surface area (TPSA) is 98.8 Å². The van der Waals surface area contributed by atoms with Gasteiger partial charge in [-0.25, -0.2) is 4.79 Å². The molecule has 2 aromatic carbocycles. The van der Waals surface area contributed by atoms with Gasteiger partial charge in [0.1, 0.15) is 5.75 Å². The largest absolute Gasteiger partial charge is 0.497 e. The lowest BCUT2D eigenvalue weighted by atomic mass is 9.81. The first kappa shape index (κ1) is 29.3. The number of ether oxygens (including phenoxy) is 2. The van der Waals surface area contributed by atoms with E-state index in [0.717, 1.165) is 57.6 Å². The molecule has 1 amide bonds. The van der Waals surface area contributed by atoms with Gasteiger partial charge in [0.25, 0.3) is 5.91 Å². The van der Waals surface area contributed by atoms with Crippen molar-refractivity contribution < 1.29 is 24.2 Å². The molecule has 0 atom stereocenters. The highest BCUT2D eigenvalue weighted by atomic mass is 16.5. The molecule has 0 spiro atoms. The van der Waals surface area contributed by atoms with Crippen molar-refractivity contribution in [1.82, 2.24) is 19.2 Å². The summed E-state index contributed by atoms with van der Waals surface area (Å²) in [4.78, 5) is 28.1. The van der Waals surface area contributed by atoms with Crippen molar-refractivity contribution in [2.75, 3.05) is 33.4 Å². The number of carboxylic acid groups (broad SMARTS) is 1. The van der Waals surface area contributed by atoms with E-state index in [1.54, 1.807) is 19.4 Å². The minimum absolute atomic E-state index is 0.0115. The second kappa shape index (κ2) is 11.9. The number of nitrogens with zero attached hydrogens (tertiary/aromatic N) is 4. The molecule has 1 aliphatic carbocycles. The molecule has 2 fully saturated rings. The van der Waals surface area contributed by atoms with Crippen LogP contribution in [0, 0.1) is 0 Å². The molecule has 2 aromatic heterocycles. The first-order valence-corrected chi connectivity index (χ1v) is 16.1. The quantitative estimate of drug-likeness (QED) is 0.257. The van der Waals surface area contributed by atoms with Gasteiger partial charge < -0.3 is 24.0 Å². The third-order valence-electron chi connectivity index (χ3n) is 9.65. The van der Waals surface area contributed by atoms with Crippen molar-refractivity contribution in [3.05, 3.63) is 70.5 Å². The molecule has 7 rings (SSSR count). The van der Waals surface area contributed by atoms with Crippen molar-refractivity contribution >= 4 is 34.4 Å². The highest BCUT2D eigenvalue weighted by Gasteiger charge is 2.33. The van der Waals surface area contributed by atoms with E-state index in [0.29, 0.717) is 44.3 Å². The predicted octanol–water partition coefficient (Wildman–Crippen LogP) is 6.87. The fraction of sp³-hybridized carbons (Fsp3) is 0.417. The average molecular weight is 609 g/mol. The van der Waals surface area contributed by atoms with Crippen LogP contribution < -0.4 is 4.74 Å². The molecule has 234 valence electrons. The lowest BCUT2D eigenvalue weighted by Crippen LogP contribution is -2.41. The Morgan fingerprint density at radius 3 is 2.51 bits per heavy atom. The number of carbonyl (C=O) groups is 2. The second-order valence-electron chi connectivity index (χ2n) is 12.7. The van der Waals surface area contributed by atoms with Gasteiger partial charge in [-0.1, -0.05) is 25.3 Å². The van der Waals surface area contributed by atoms with Crippen LogP contribution in [0.3, 0.4) is 0 Å². The van der Waals surface area contributed by atoms with Gasteiger partial charge in [-0.15, -0.1) is 0 Å². The van der Waals surface area contributed by atoms with Crippen molar-refractivity contribution in [3.63, 3.8) is 0 Å². The highest BCUT2D eigenvalue weighted by Crippen LogP contribution is 2.48. The maximum atomic E-state index is 14.0. The zero-order chi connectivity index (χ0) is 31.2. The van der Waals surface area contributed by atoms with Gasteiger partial charge in [0, 0.05) is 35.6 Å². The summed E-state index contributed by atoms with van der Waals surface area (Å²) < 4.78 is 15.5. The molecule has 4 heterocycles. The SMILES string of the molecule is COc1ccc2c(c1)C=C(c1c(C(=O)N3CCOCC3)cnn1C(C)C)Cn1c-2c(C2CCCCC2)c2ccc(C(=O)O)cc21. The van der Waals surface area contributed by atoms with E-state index in [2.05, 4.69) is 36.6 Å². The summed E-state index contributed by atoms with van der Waals surface area (Å²) in [5.41, 5.74) is 7.97. The number of allylic oxidation sites excluding steroid dienone is 1. The Morgan fingerprint density at radius 2 is 1.80 bits per heavy atom. The molecule has 0 unspecified atom stereocenters. The van der Waals surface area contributed by atoms with Gasteiger partial charge in [0.05, 0.1) is 55.6 Å². The number of aromatic nitrogens is 3. The first-order valence-electron chi connectivity index (χ1n) is 16.1. The number of hydrogen-bond acceptors (Lipinski definition) is 5. The Kier molecular flexibility index (Phi) is 7.73. The van der Waals surface area contributed by atoms with E-state index in [-0.39, 0.29) is 17.5 Å². The smallest absolute Gasteiger partial charge is 0.335 e. The number of rotatable bonds is 6. The van der Waals surface area contributed by atoms with Crippen molar-refractivity contribution in [3.8, 4) is 17.0 Å². The molecule has 9 nitrogen and oxygen atoms in total. The zero-order valence-electron chi connectivity index (χ0n) is 26.2. The third kappa shape index (κ3) is 5.13. The summed E-state index contributed by atoms with van der Waals surface area (Å²) in [5, 5.41) is 15.8. The number of fused-ring (bicyclic) bond motifs is 5. The van der Waals surface area contributed by atoms with Gasteiger partial charge in [0.2, 0.25) is 0 Å². The zero-order valence-corrected chi connectivity index (χ0v) is 26.2. The van der Waals surface area contributed by atoms with Crippen LogP contribution in [-0.2, 0) is 11.3 Å². The van der Waals surface area contributed by atoms with Crippen LogP contribution in [0.2, 0.25) is 0 Å². The van der Waals surface area contributed by atoms with Crippen LogP contribution >= 0.6 is 0 Å². The van der Waals surface area contributed by atoms with Gasteiger partial charge in [-0.05, 0) is 85.7 Å². The van der Waals surface area contributed by atoms with Crippen molar-refractivity contribution in [2.24, 2.45) is 0 Å². The molecule has 0 bridgehead atoms. The van der Waals surface area contributed by atoms with Crippen LogP contribution in [-0.4, -0.2) is 69.6 Å². The lowest BCUT2D eigenvalue weighted by molar-refractivity contribution is 0.0302. The van der Waals surface area contributed by atoms with E-state index in [4.69, 9.17) is 14.6 Å². The summed E-state index contributed by atoms with van der Waals surface area (Å²) in [7, 11) is 1.67. The second-order valence-corrected chi connectivity index (χ2v) is 12.7. The molecule has 2 aliphatic heterocycles. The molecule has 1 saturated carbocycles. The number of hydrogen-bond donors (Lipinski definition) is 1. The molecule has 1 saturated heterocycles. The molecule has 3 aliphatic rings. The number of amides is 1. The molecule has 1 N–H and O–H groups in total. The van der Waals surface area contributed by atoms with E-state index in [1.807, 2.05) is 27.8 Å². The summed E-state index contributed by atoms with van der Waals surface area (Å²) in [6, 6.07) is 11.8. The maximum Gasteiger partial charge on any atom is 0.335 e. The van der Waals surface area contributed by atoms with E-state index >= 15 is 0 Å². The van der Waals surface area contributed by atoms with Crippen molar-refractivity contribution in [2.45, 2.75) is 64.5 Å². The van der Waals surface area contributed by atoms with E-state index in [1.165, 1.54) is 24.8 Å². The lowest BCUT2D eigenvalue weighted by Gasteiger charge is -2.27. The van der Waals surface area contributed by atoms with Crippen LogP contribution in [0.5, 0.6) is 5.75 Å². The fourth-order valence-corrected chi connectivity index (χ4v) is 7.49. The van der Waals surface area contributed by atoms with Crippen molar-refractivity contribution in [1.29, 1.82) is 0 Å². The van der Waals surface area contributed by atoms with Gasteiger partial charge in [-0.2, -0.15) is 5.10 Å². The van der Waals surface area contributed by atoms with Crippen LogP contribution in [0.1, 0.15) is 95.4 Å². The summed E-state index contributed by atoms with van der Waals surface area (Å²) in [5.74, 6) is 0.134. The normalized spacial score (nSPS) is 17.2. The first-order chi connectivity index (χ1) is 21.9. The minimum Gasteiger partial charge on any atom is -0.497 e. The number of methoxy groups -OCH3 is 1. The number of aromatic carboxylic acids is 1. The Labute approximate surface area is 263 Å². The minimum atomic E-state index is -0.947. The Morgan fingerprint density at radius 1 is 1.02 bits per heavy atom. The van der Waals surface area contributed by atoms with E-state index < -0.39 is 5.97 Å². The molecule has 4 aromatic rings. The molecule has 45 heavy (non-hydrogen) atoms. The Bertz CT molecular complexity index is 1820. The van der Waals surface area contributed by atoms with Crippen LogP contribution in [0.4, 0.5) is 0 Å². The summed E-state index contributed by atoms with van der Waals surface area (Å²) >= 11 is 0. The van der Waals surface area contributed by atoms with Crippen LogP contribution in [0.25, 0.3) is 33.8 Å². The Hall–Kier alpha value is -4.37. The molecular formula is C36H40N4O5. The highest BCUT2D eigenvalue weighted by molar-refractivity contribution is 6.04. The number of carbonyl (C=O) groups excluding carboxylic acids is 1. The van der Waals surface area contributed by atoms with Gasteiger partial charge >= 0.3 is 5.97 Å². The molecule has 9 heteroatoms. The average Bonchev–Trinajstić information content (AvgIpc) is 3.60. The summed E-state index contributed by atoms with van der Waals surface area (Å²) in [6.07, 6.45) is 9.71. The van der Waals surface area contributed by atoms with Gasteiger partial charge in [0.15, 0.2) is 0 Å². The Balaban J connectivity index is 1.50. The number of morpholine rings is 1. The monoisotopic (exact) mass is 608 g/mol. The third-order valence-corrected chi connectivity index (χ3v) is 9.65. The molecule has 0 radical (unpaired) electrons. The van der Waals surface area contributed by atoms with E-state index in [9.17, 15) is 14.7 Å². The van der Waals surface area contributed by atoms with Crippen LogP contribution in [0.15, 0.2) is 42.6 Å². The molecular weight excluding hydrogens is 568 g/mol. The number of benzene rings is 2. The maximum absolute atomic E-state index is 14.0.